The molecular formula is C24H19FN6OS. The first-order valence-electron chi connectivity index (χ1n) is 10.2. The number of aromatic nitrogens is 5. The van der Waals surface area contributed by atoms with Crippen LogP contribution >= 0.6 is 12.2 Å². The van der Waals surface area contributed by atoms with Gasteiger partial charge in [0.25, 0.3) is 5.78 Å². The summed E-state index contributed by atoms with van der Waals surface area (Å²) in [5.41, 5.74) is 3.95. The molecule has 0 saturated heterocycles. The van der Waals surface area contributed by atoms with Crippen molar-refractivity contribution in [3.63, 3.8) is 0 Å². The third-order valence-electron chi connectivity index (χ3n) is 5.43. The molecule has 164 valence electrons. The molecule has 0 radical (unpaired) electrons. The van der Waals surface area contributed by atoms with Crippen molar-refractivity contribution in [2.24, 2.45) is 0 Å². The molecule has 9 heteroatoms. The molecule has 1 unspecified atom stereocenters. The van der Waals surface area contributed by atoms with Crippen LogP contribution in [-0.4, -0.2) is 43.7 Å². The number of pyridine rings is 1. The maximum atomic E-state index is 14.6. The van der Waals surface area contributed by atoms with Crippen LogP contribution in [0.4, 0.5) is 4.39 Å². The summed E-state index contributed by atoms with van der Waals surface area (Å²) in [6.07, 6.45) is 4.59. The van der Waals surface area contributed by atoms with Gasteiger partial charge in [-0.1, -0.05) is 30.4 Å². The molecule has 33 heavy (non-hydrogen) atoms. The standard InChI is InChI=1S/C24H19FN6OS/c1-26-23(33)17-7-5-15(11-18(17)25)20-12-28-24-29-13-21(31(24)30-20)22(32-2)16-6-8-19-14(10-16)4-3-9-27-19/h3-13,22H,1-2H3,(H,26,33). The van der Waals surface area contributed by atoms with E-state index in [1.54, 1.807) is 49.4 Å². The van der Waals surface area contributed by atoms with Gasteiger partial charge in [-0.15, -0.1) is 0 Å². The molecule has 2 aromatic carbocycles. The van der Waals surface area contributed by atoms with Crippen molar-refractivity contribution >= 4 is 33.9 Å². The van der Waals surface area contributed by atoms with Crippen LogP contribution in [-0.2, 0) is 4.74 Å². The Balaban J connectivity index is 1.57. The quantitative estimate of drug-likeness (QED) is 0.397. The number of imidazole rings is 1. The van der Waals surface area contributed by atoms with Gasteiger partial charge >= 0.3 is 0 Å². The van der Waals surface area contributed by atoms with Crippen molar-refractivity contribution in [3.8, 4) is 11.3 Å². The largest absolute Gasteiger partial charge is 0.379 e. The Kier molecular flexibility index (Phi) is 5.49. The molecule has 7 nitrogen and oxygen atoms in total. The van der Waals surface area contributed by atoms with Crippen LogP contribution in [0.2, 0.25) is 0 Å². The van der Waals surface area contributed by atoms with Crippen molar-refractivity contribution < 1.29 is 9.13 Å². The minimum absolute atomic E-state index is 0.332. The number of hydrogen-bond donors (Lipinski definition) is 1. The zero-order chi connectivity index (χ0) is 22.9. The predicted octanol–water partition coefficient (Wildman–Crippen LogP) is 4.11. The number of nitrogens with zero attached hydrogens (tertiary/aromatic N) is 5. The summed E-state index contributed by atoms with van der Waals surface area (Å²) in [6, 6.07) is 14.7. The predicted molar refractivity (Wildman–Crippen MR) is 128 cm³/mol. The van der Waals surface area contributed by atoms with Crippen molar-refractivity contribution in [1.82, 2.24) is 29.9 Å². The second-order valence-corrected chi connectivity index (χ2v) is 7.79. The molecule has 0 aliphatic heterocycles. The zero-order valence-corrected chi connectivity index (χ0v) is 18.7. The Morgan fingerprint density at radius 3 is 2.73 bits per heavy atom. The number of methoxy groups -OCH3 is 1. The number of ether oxygens (including phenoxy) is 1. The lowest BCUT2D eigenvalue weighted by Crippen LogP contribution is -2.17. The number of rotatable bonds is 5. The molecule has 0 fully saturated rings. The smallest absolute Gasteiger partial charge is 0.251 e. The van der Waals surface area contributed by atoms with Gasteiger partial charge in [0.05, 0.1) is 23.6 Å². The molecule has 3 heterocycles. The summed E-state index contributed by atoms with van der Waals surface area (Å²) in [4.78, 5) is 13.5. The average Bonchev–Trinajstić information content (AvgIpc) is 3.27. The summed E-state index contributed by atoms with van der Waals surface area (Å²) < 4.78 is 22.1. The average molecular weight is 459 g/mol. The second kappa shape index (κ2) is 8.61. The lowest BCUT2D eigenvalue weighted by atomic mass is 10.0. The number of halogens is 1. The third-order valence-corrected chi connectivity index (χ3v) is 5.85. The van der Waals surface area contributed by atoms with Crippen molar-refractivity contribution in [2.45, 2.75) is 6.10 Å². The van der Waals surface area contributed by atoms with Crippen LogP contribution < -0.4 is 5.32 Å². The number of nitrogens with one attached hydrogen (secondary N) is 1. The number of thiocarbonyl (C=S) groups is 1. The molecular weight excluding hydrogens is 439 g/mol. The molecule has 0 aliphatic carbocycles. The fourth-order valence-electron chi connectivity index (χ4n) is 3.78. The highest BCUT2D eigenvalue weighted by molar-refractivity contribution is 7.80. The fraction of sp³-hybridized carbons (Fsp3) is 0.125. The Morgan fingerprint density at radius 1 is 1.09 bits per heavy atom. The van der Waals surface area contributed by atoms with Crippen LogP contribution in [0.15, 0.2) is 67.1 Å². The summed E-state index contributed by atoms with van der Waals surface area (Å²) >= 11 is 5.15. The minimum atomic E-state index is -0.431. The summed E-state index contributed by atoms with van der Waals surface area (Å²) in [5.74, 6) is -0.00847. The highest BCUT2D eigenvalue weighted by Crippen LogP contribution is 2.28. The molecule has 1 atom stereocenters. The van der Waals surface area contributed by atoms with Gasteiger partial charge in [-0.05, 0) is 35.9 Å². The van der Waals surface area contributed by atoms with Gasteiger partial charge < -0.3 is 10.1 Å². The van der Waals surface area contributed by atoms with Gasteiger partial charge in [0, 0.05) is 36.9 Å². The van der Waals surface area contributed by atoms with Gasteiger partial charge in [0.15, 0.2) is 0 Å². The van der Waals surface area contributed by atoms with Crippen LogP contribution in [0.25, 0.3) is 27.9 Å². The Bertz CT molecular complexity index is 1500. The molecule has 5 aromatic rings. The van der Waals surface area contributed by atoms with Gasteiger partial charge in [0.1, 0.15) is 22.6 Å². The Hall–Kier alpha value is -3.82. The Labute approximate surface area is 194 Å². The highest BCUT2D eigenvalue weighted by Gasteiger charge is 2.20. The zero-order valence-electron chi connectivity index (χ0n) is 17.9. The molecule has 5 rings (SSSR count). The third kappa shape index (κ3) is 3.81. The highest BCUT2D eigenvalue weighted by atomic mass is 32.1. The topological polar surface area (TPSA) is 77.2 Å². The first-order chi connectivity index (χ1) is 16.1. The maximum absolute atomic E-state index is 14.6. The maximum Gasteiger partial charge on any atom is 0.251 e. The van der Waals surface area contributed by atoms with E-state index in [0.29, 0.717) is 33.3 Å². The lowest BCUT2D eigenvalue weighted by Gasteiger charge is -2.16. The van der Waals surface area contributed by atoms with Crippen LogP contribution in [0, 0.1) is 5.82 Å². The Morgan fingerprint density at radius 2 is 1.94 bits per heavy atom. The van der Waals surface area contributed by atoms with E-state index < -0.39 is 11.9 Å². The summed E-state index contributed by atoms with van der Waals surface area (Å²) in [6.45, 7) is 0. The van der Waals surface area contributed by atoms with Crippen LogP contribution in [0.3, 0.4) is 0 Å². The van der Waals surface area contributed by atoms with E-state index in [-0.39, 0.29) is 0 Å². The van der Waals surface area contributed by atoms with E-state index in [1.165, 1.54) is 6.07 Å². The molecule has 0 bridgehead atoms. The van der Waals surface area contributed by atoms with E-state index >= 15 is 0 Å². The second-order valence-electron chi connectivity index (χ2n) is 7.38. The van der Waals surface area contributed by atoms with E-state index in [9.17, 15) is 4.39 Å². The SMILES string of the molecule is CNC(=S)c1ccc(-c2cnc3ncc(C(OC)c4ccc5ncccc5c4)n3n2)cc1F. The normalized spacial score (nSPS) is 12.2. The van der Waals surface area contributed by atoms with Crippen molar-refractivity contribution in [3.05, 3.63) is 89.8 Å². The van der Waals surface area contributed by atoms with Gasteiger partial charge in [-0.3, -0.25) is 4.98 Å². The summed E-state index contributed by atoms with van der Waals surface area (Å²) in [7, 11) is 3.29. The molecule has 0 amide bonds. The van der Waals surface area contributed by atoms with E-state index in [2.05, 4.69) is 25.4 Å². The van der Waals surface area contributed by atoms with Crippen molar-refractivity contribution in [2.75, 3.05) is 14.2 Å². The fourth-order valence-corrected chi connectivity index (χ4v) is 3.95. The molecule has 3 aromatic heterocycles. The van der Waals surface area contributed by atoms with Crippen LogP contribution in [0.1, 0.15) is 22.9 Å². The molecule has 0 saturated carbocycles. The minimum Gasteiger partial charge on any atom is -0.379 e. The van der Waals surface area contributed by atoms with Crippen molar-refractivity contribution in [1.29, 1.82) is 0 Å². The molecule has 1 N–H and O–H groups in total. The van der Waals surface area contributed by atoms with E-state index in [1.807, 2.05) is 30.3 Å². The number of fused-ring (bicyclic) bond motifs is 2. The van der Waals surface area contributed by atoms with Gasteiger partial charge in [0.2, 0.25) is 0 Å². The first-order valence-corrected chi connectivity index (χ1v) is 10.6. The lowest BCUT2D eigenvalue weighted by molar-refractivity contribution is 0.131. The molecule has 0 spiro atoms. The van der Waals surface area contributed by atoms with E-state index in [0.717, 1.165) is 16.5 Å². The van der Waals surface area contributed by atoms with E-state index in [4.69, 9.17) is 17.0 Å². The first kappa shape index (κ1) is 21.0. The van der Waals surface area contributed by atoms with Crippen LogP contribution in [0.5, 0.6) is 0 Å². The van der Waals surface area contributed by atoms with Gasteiger partial charge in [-0.25, -0.2) is 14.4 Å². The number of benzene rings is 2. The number of hydrogen-bond acceptors (Lipinski definition) is 6. The molecule has 0 aliphatic rings. The monoisotopic (exact) mass is 458 g/mol. The van der Waals surface area contributed by atoms with Gasteiger partial charge in [-0.2, -0.15) is 9.61 Å². The summed E-state index contributed by atoms with van der Waals surface area (Å²) in [5, 5.41) is 8.48.